The molecule has 2 aliphatic heterocycles. The maximum absolute atomic E-state index is 12.7. The molecule has 0 bridgehead atoms. The molecule has 2 aliphatic rings. The average Bonchev–Trinajstić information content (AvgIpc) is 2.63. The first kappa shape index (κ1) is 17.9. The Morgan fingerprint density at radius 2 is 1.80 bits per heavy atom. The zero-order chi connectivity index (χ0) is 17.6. The highest BCUT2D eigenvalue weighted by atomic mass is 16.2. The fraction of sp³-hybridized carbons (Fsp3) is 0.600. The zero-order valence-corrected chi connectivity index (χ0v) is 15.2. The molecule has 0 aliphatic carbocycles. The molecular formula is C20H29N3O2. The van der Waals surface area contributed by atoms with E-state index in [0.29, 0.717) is 23.7 Å². The lowest BCUT2D eigenvalue weighted by molar-refractivity contribution is -0.117. The molecule has 5 nitrogen and oxygen atoms in total. The van der Waals surface area contributed by atoms with Crippen LogP contribution < -0.4 is 5.32 Å². The fourth-order valence-electron chi connectivity index (χ4n) is 3.65. The van der Waals surface area contributed by atoms with Crippen molar-refractivity contribution in [3.63, 3.8) is 0 Å². The standard InChI is InChI=1S/C20H29N3O2/c1-16-8-12-23(13-9-16)20(25)17-6-5-7-18(14-17)21-19(24)15-22-10-3-2-4-11-22/h5-7,14,16H,2-4,8-13,15H2,1H3,(H,21,24). The van der Waals surface area contributed by atoms with Crippen molar-refractivity contribution in [1.82, 2.24) is 9.80 Å². The normalized spacial score (nSPS) is 19.6. The highest BCUT2D eigenvalue weighted by molar-refractivity contribution is 5.97. The lowest BCUT2D eigenvalue weighted by Crippen LogP contribution is -2.38. The molecule has 1 aromatic rings. The SMILES string of the molecule is CC1CCN(C(=O)c2cccc(NC(=O)CN3CCCCC3)c2)CC1. The number of nitrogens with one attached hydrogen (secondary N) is 1. The van der Waals surface area contributed by atoms with Crippen LogP contribution in [-0.4, -0.2) is 54.3 Å². The van der Waals surface area contributed by atoms with Crippen LogP contribution in [0, 0.1) is 5.92 Å². The number of hydrogen-bond acceptors (Lipinski definition) is 3. The second-order valence-corrected chi connectivity index (χ2v) is 7.44. The minimum absolute atomic E-state index is 0.00158. The van der Waals surface area contributed by atoms with Crippen molar-refractivity contribution < 1.29 is 9.59 Å². The van der Waals surface area contributed by atoms with E-state index >= 15 is 0 Å². The number of nitrogens with zero attached hydrogens (tertiary/aromatic N) is 2. The van der Waals surface area contributed by atoms with Gasteiger partial charge in [0.25, 0.3) is 5.91 Å². The molecule has 0 spiro atoms. The van der Waals surface area contributed by atoms with Gasteiger partial charge in [0.05, 0.1) is 6.54 Å². The predicted octanol–water partition coefficient (Wildman–Crippen LogP) is 2.98. The highest BCUT2D eigenvalue weighted by Crippen LogP contribution is 2.19. The molecule has 2 fully saturated rings. The molecule has 1 N–H and O–H groups in total. The smallest absolute Gasteiger partial charge is 0.253 e. The van der Waals surface area contributed by atoms with Crippen molar-refractivity contribution in [1.29, 1.82) is 0 Å². The van der Waals surface area contributed by atoms with E-state index in [1.165, 1.54) is 19.3 Å². The van der Waals surface area contributed by atoms with Gasteiger partial charge < -0.3 is 10.2 Å². The number of carbonyl (C=O) groups excluding carboxylic acids is 2. The molecule has 0 radical (unpaired) electrons. The Morgan fingerprint density at radius 1 is 1.08 bits per heavy atom. The first-order chi connectivity index (χ1) is 12.1. The Hall–Kier alpha value is -1.88. The number of benzene rings is 1. The molecule has 25 heavy (non-hydrogen) atoms. The summed E-state index contributed by atoms with van der Waals surface area (Å²) in [5.41, 5.74) is 1.36. The van der Waals surface area contributed by atoms with Gasteiger partial charge in [-0.15, -0.1) is 0 Å². The van der Waals surface area contributed by atoms with Gasteiger partial charge in [0.1, 0.15) is 0 Å². The van der Waals surface area contributed by atoms with Gasteiger partial charge in [-0.25, -0.2) is 0 Å². The van der Waals surface area contributed by atoms with Gasteiger partial charge in [-0.05, 0) is 62.9 Å². The van der Waals surface area contributed by atoms with E-state index in [1.807, 2.05) is 23.1 Å². The molecule has 2 saturated heterocycles. The van der Waals surface area contributed by atoms with Gasteiger partial charge in [-0.1, -0.05) is 19.4 Å². The summed E-state index contributed by atoms with van der Waals surface area (Å²) in [5.74, 6) is 0.766. The second-order valence-electron chi connectivity index (χ2n) is 7.44. The van der Waals surface area contributed by atoms with Crippen LogP contribution in [0.1, 0.15) is 49.4 Å². The lowest BCUT2D eigenvalue weighted by atomic mass is 9.98. The number of rotatable bonds is 4. The number of piperidine rings is 2. The molecule has 3 rings (SSSR count). The van der Waals surface area contributed by atoms with E-state index in [0.717, 1.165) is 39.0 Å². The first-order valence-corrected chi connectivity index (χ1v) is 9.53. The molecule has 0 aromatic heterocycles. The molecule has 2 heterocycles. The number of anilines is 1. The quantitative estimate of drug-likeness (QED) is 0.914. The highest BCUT2D eigenvalue weighted by Gasteiger charge is 2.21. The maximum Gasteiger partial charge on any atom is 0.253 e. The van der Waals surface area contributed by atoms with Gasteiger partial charge >= 0.3 is 0 Å². The van der Waals surface area contributed by atoms with Crippen molar-refractivity contribution in [2.24, 2.45) is 5.92 Å². The lowest BCUT2D eigenvalue weighted by Gasteiger charge is -2.30. The van der Waals surface area contributed by atoms with Crippen molar-refractivity contribution >= 4 is 17.5 Å². The van der Waals surface area contributed by atoms with Gasteiger partial charge in [-0.2, -0.15) is 0 Å². The Labute approximate surface area is 150 Å². The number of carbonyl (C=O) groups is 2. The number of amides is 2. The number of likely N-dealkylation sites (tertiary alicyclic amines) is 2. The average molecular weight is 343 g/mol. The third-order valence-electron chi connectivity index (χ3n) is 5.28. The molecule has 0 unspecified atom stereocenters. The Balaban J connectivity index is 1.57. The Morgan fingerprint density at radius 3 is 2.52 bits per heavy atom. The second kappa shape index (κ2) is 8.48. The Kier molecular flexibility index (Phi) is 6.08. The van der Waals surface area contributed by atoms with Crippen molar-refractivity contribution in [2.45, 2.75) is 39.0 Å². The summed E-state index contributed by atoms with van der Waals surface area (Å²) in [5, 5.41) is 2.94. The minimum Gasteiger partial charge on any atom is -0.339 e. The van der Waals surface area contributed by atoms with E-state index in [1.54, 1.807) is 6.07 Å². The van der Waals surface area contributed by atoms with Crippen molar-refractivity contribution in [3.05, 3.63) is 29.8 Å². The summed E-state index contributed by atoms with van der Waals surface area (Å²) >= 11 is 0. The van der Waals surface area contributed by atoms with E-state index < -0.39 is 0 Å². The minimum atomic E-state index is -0.00158. The van der Waals surface area contributed by atoms with E-state index in [2.05, 4.69) is 17.1 Å². The van der Waals surface area contributed by atoms with E-state index in [-0.39, 0.29) is 11.8 Å². The van der Waals surface area contributed by atoms with Crippen molar-refractivity contribution in [2.75, 3.05) is 38.0 Å². The molecule has 1 aromatic carbocycles. The van der Waals surface area contributed by atoms with Gasteiger partial charge in [0.15, 0.2) is 0 Å². The van der Waals surface area contributed by atoms with Crippen LogP contribution >= 0.6 is 0 Å². The number of hydrogen-bond donors (Lipinski definition) is 1. The summed E-state index contributed by atoms with van der Waals surface area (Å²) in [4.78, 5) is 29.0. The summed E-state index contributed by atoms with van der Waals surface area (Å²) in [7, 11) is 0. The van der Waals surface area contributed by atoms with Gasteiger partial charge in [-0.3, -0.25) is 14.5 Å². The topological polar surface area (TPSA) is 52.7 Å². The molecule has 136 valence electrons. The summed E-state index contributed by atoms with van der Waals surface area (Å²) in [6, 6.07) is 7.33. The van der Waals surface area contributed by atoms with Crippen LogP contribution in [0.3, 0.4) is 0 Å². The predicted molar refractivity (Wildman–Crippen MR) is 99.7 cm³/mol. The monoisotopic (exact) mass is 343 g/mol. The maximum atomic E-state index is 12.7. The fourth-order valence-corrected chi connectivity index (χ4v) is 3.65. The largest absolute Gasteiger partial charge is 0.339 e. The molecule has 0 atom stereocenters. The van der Waals surface area contributed by atoms with E-state index in [4.69, 9.17) is 0 Å². The van der Waals surface area contributed by atoms with Crippen LogP contribution in [0.4, 0.5) is 5.69 Å². The summed E-state index contributed by atoms with van der Waals surface area (Å²) < 4.78 is 0. The van der Waals surface area contributed by atoms with Crippen LogP contribution in [-0.2, 0) is 4.79 Å². The molecular weight excluding hydrogens is 314 g/mol. The molecule has 2 amide bonds. The van der Waals surface area contributed by atoms with E-state index in [9.17, 15) is 9.59 Å². The molecule has 0 saturated carbocycles. The van der Waals surface area contributed by atoms with Gasteiger partial charge in [0.2, 0.25) is 5.91 Å². The third-order valence-corrected chi connectivity index (χ3v) is 5.28. The third kappa shape index (κ3) is 5.05. The summed E-state index contributed by atoms with van der Waals surface area (Å²) in [6.07, 6.45) is 5.74. The first-order valence-electron chi connectivity index (χ1n) is 9.53. The van der Waals surface area contributed by atoms with Gasteiger partial charge in [0, 0.05) is 24.3 Å². The summed E-state index contributed by atoms with van der Waals surface area (Å²) in [6.45, 7) is 6.32. The van der Waals surface area contributed by atoms with Crippen LogP contribution in [0.15, 0.2) is 24.3 Å². The van der Waals surface area contributed by atoms with Crippen molar-refractivity contribution in [3.8, 4) is 0 Å². The zero-order valence-electron chi connectivity index (χ0n) is 15.2. The molecule has 5 heteroatoms. The van der Waals surface area contributed by atoms with Crippen LogP contribution in [0.5, 0.6) is 0 Å². The van der Waals surface area contributed by atoms with Crippen LogP contribution in [0.2, 0.25) is 0 Å². The van der Waals surface area contributed by atoms with Crippen LogP contribution in [0.25, 0.3) is 0 Å². The Bertz CT molecular complexity index is 603.